The summed E-state index contributed by atoms with van der Waals surface area (Å²) in [4.78, 5) is 29.0. The molecular weight excluding hydrogens is 330 g/mol. The molecule has 0 aromatic carbocycles. The molecule has 1 atom stereocenters. The highest BCUT2D eigenvalue weighted by Gasteiger charge is 2.27. The average Bonchev–Trinajstić information content (AvgIpc) is 3.11. The molecule has 2 aromatic heterocycles. The molecule has 2 aromatic rings. The van der Waals surface area contributed by atoms with Gasteiger partial charge >= 0.3 is 5.97 Å². The van der Waals surface area contributed by atoms with Gasteiger partial charge in [-0.2, -0.15) is 0 Å². The van der Waals surface area contributed by atoms with Gasteiger partial charge in [0.15, 0.2) is 0 Å². The van der Waals surface area contributed by atoms with Gasteiger partial charge < -0.3 is 9.64 Å². The Bertz CT molecular complexity index is 708. The van der Waals surface area contributed by atoms with Crippen LogP contribution in [0.1, 0.15) is 37.1 Å². The summed E-state index contributed by atoms with van der Waals surface area (Å²) in [5.74, 6) is 0.238. The van der Waals surface area contributed by atoms with Crippen molar-refractivity contribution in [2.24, 2.45) is 0 Å². The van der Waals surface area contributed by atoms with E-state index < -0.39 is 0 Å². The minimum Gasteiger partial charge on any atom is -0.465 e. The molecule has 0 unspecified atom stereocenters. The number of esters is 1. The average molecular weight is 355 g/mol. The van der Waals surface area contributed by atoms with E-state index in [9.17, 15) is 4.79 Å². The monoisotopic (exact) mass is 355 g/mol. The predicted molar refractivity (Wildman–Crippen MR) is 98.6 cm³/mol. The highest BCUT2D eigenvalue weighted by atomic mass is 16.5. The Kier molecular flexibility index (Phi) is 6.12. The van der Waals surface area contributed by atoms with Crippen LogP contribution in [0.5, 0.6) is 0 Å². The number of carbonyl (C=O) groups excluding carboxylic acids is 1. The fourth-order valence-electron chi connectivity index (χ4n) is 3.26. The third-order valence-corrected chi connectivity index (χ3v) is 4.48. The number of nitrogens with zero attached hydrogens (tertiary/aromatic N) is 5. The number of likely N-dealkylation sites (N-methyl/N-ethyl adjacent to an activating group) is 1. The van der Waals surface area contributed by atoms with E-state index in [-0.39, 0.29) is 12.5 Å². The smallest absolute Gasteiger partial charge is 0.325 e. The lowest BCUT2D eigenvalue weighted by atomic mass is 10.1. The fourth-order valence-corrected chi connectivity index (χ4v) is 3.26. The number of aromatic nitrogens is 3. The molecule has 138 valence electrons. The van der Waals surface area contributed by atoms with Gasteiger partial charge in [-0.1, -0.05) is 6.07 Å². The summed E-state index contributed by atoms with van der Waals surface area (Å²) in [6.45, 7) is 4.15. The lowest BCUT2D eigenvalue weighted by molar-refractivity contribution is -0.141. The van der Waals surface area contributed by atoms with Crippen LogP contribution in [0.15, 0.2) is 36.8 Å². The van der Waals surface area contributed by atoms with Gasteiger partial charge in [-0.25, -0.2) is 9.97 Å². The van der Waals surface area contributed by atoms with Crippen molar-refractivity contribution >= 4 is 11.9 Å². The molecule has 1 fully saturated rings. The van der Waals surface area contributed by atoms with E-state index in [0.717, 1.165) is 30.8 Å². The Morgan fingerprint density at radius 1 is 1.31 bits per heavy atom. The lowest BCUT2D eigenvalue weighted by Gasteiger charge is -2.24. The third kappa shape index (κ3) is 4.54. The van der Waals surface area contributed by atoms with Gasteiger partial charge in [-0.05, 0) is 38.4 Å². The van der Waals surface area contributed by atoms with Crippen molar-refractivity contribution < 1.29 is 9.53 Å². The first kappa shape index (κ1) is 18.3. The molecule has 0 aliphatic carbocycles. The van der Waals surface area contributed by atoms with Crippen LogP contribution < -0.4 is 4.90 Å². The molecule has 0 saturated carbocycles. The summed E-state index contributed by atoms with van der Waals surface area (Å²) in [7, 11) is 1.78. The van der Waals surface area contributed by atoms with Gasteiger partial charge in [-0.15, -0.1) is 0 Å². The van der Waals surface area contributed by atoms with Gasteiger partial charge in [0.05, 0.1) is 18.3 Å². The van der Waals surface area contributed by atoms with Gasteiger partial charge in [0.25, 0.3) is 0 Å². The zero-order valence-corrected chi connectivity index (χ0v) is 15.3. The Labute approximate surface area is 154 Å². The van der Waals surface area contributed by atoms with E-state index in [1.165, 1.54) is 6.42 Å². The molecule has 0 N–H and O–H groups in total. The van der Waals surface area contributed by atoms with Crippen LogP contribution in [-0.2, 0) is 16.1 Å². The van der Waals surface area contributed by atoms with E-state index in [4.69, 9.17) is 4.74 Å². The van der Waals surface area contributed by atoms with Crippen molar-refractivity contribution in [1.29, 1.82) is 0 Å². The minimum absolute atomic E-state index is 0.140. The fraction of sp³-hybridized carbons (Fsp3) is 0.474. The Morgan fingerprint density at radius 2 is 2.12 bits per heavy atom. The second-order valence-electron chi connectivity index (χ2n) is 6.44. The molecule has 1 aliphatic rings. The van der Waals surface area contributed by atoms with Crippen LogP contribution >= 0.6 is 0 Å². The molecule has 26 heavy (non-hydrogen) atoms. The highest BCUT2D eigenvalue weighted by Crippen LogP contribution is 2.31. The molecule has 0 radical (unpaired) electrons. The van der Waals surface area contributed by atoms with Crippen molar-refractivity contribution in [2.45, 2.75) is 32.4 Å². The lowest BCUT2D eigenvalue weighted by Crippen LogP contribution is -2.28. The van der Waals surface area contributed by atoms with Gasteiger partial charge in [0, 0.05) is 37.7 Å². The number of hydrogen-bond donors (Lipinski definition) is 0. The Hall–Kier alpha value is -2.54. The number of anilines is 1. The summed E-state index contributed by atoms with van der Waals surface area (Å²) in [5, 5.41) is 0. The van der Waals surface area contributed by atoms with Crippen LogP contribution in [0.25, 0.3) is 0 Å². The molecule has 1 saturated heterocycles. The van der Waals surface area contributed by atoms with Gasteiger partial charge in [0.1, 0.15) is 6.54 Å². The number of carbonyl (C=O) groups is 1. The van der Waals surface area contributed by atoms with E-state index in [1.807, 2.05) is 30.7 Å². The topological polar surface area (TPSA) is 71.5 Å². The quantitative estimate of drug-likeness (QED) is 0.705. The molecule has 0 bridgehead atoms. The number of hydrogen-bond acceptors (Lipinski definition) is 7. The number of rotatable bonds is 7. The molecule has 3 heterocycles. The second kappa shape index (κ2) is 8.71. The third-order valence-electron chi connectivity index (χ3n) is 4.48. The van der Waals surface area contributed by atoms with Crippen LogP contribution in [-0.4, -0.2) is 52.6 Å². The summed E-state index contributed by atoms with van der Waals surface area (Å²) < 4.78 is 4.95. The maximum absolute atomic E-state index is 11.6. The van der Waals surface area contributed by atoms with Crippen LogP contribution in [0.4, 0.5) is 5.95 Å². The molecule has 0 spiro atoms. The molecule has 3 rings (SSSR count). The first-order valence-corrected chi connectivity index (χ1v) is 9.00. The van der Waals surface area contributed by atoms with Crippen molar-refractivity contribution in [3.8, 4) is 0 Å². The van der Waals surface area contributed by atoms with Crippen molar-refractivity contribution in [3.05, 3.63) is 48.0 Å². The van der Waals surface area contributed by atoms with E-state index >= 15 is 0 Å². The number of ether oxygens (including phenoxy) is 1. The van der Waals surface area contributed by atoms with Gasteiger partial charge in [0.2, 0.25) is 5.95 Å². The molecular formula is C19H25N5O2. The van der Waals surface area contributed by atoms with E-state index in [2.05, 4.69) is 25.9 Å². The zero-order valence-electron chi connectivity index (χ0n) is 15.3. The predicted octanol–water partition coefficient (Wildman–Crippen LogP) is 2.21. The molecule has 1 aliphatic heterocycles. The van der Waals surface area contributed by atoms with Crippen LogP contribution in [0, 0.1) is 0 Å². The van der Waals surface area contributed by atoms with Gasteiger partial charge in [-0.3, -0.25) is 14.7 Å². The van der Waals surface area contributed by atoms with Crippen molar-refractivity contribution in [2.75, 3.05) is 31.6 Å². The van der Waals surface area contributed by atoms with Crippen molar-refractivity contribution in [1.82, 2.24) is 19.9 Å². The normalized spacial score (nSPS) is 17.2. The number of pyridine rings is 1. The first-order valence-electron chi connectivity index (χ1n) is 9.00. The minimum atomic E-state index is -0.280. The summed E-state index contributed by atoms with van der Waals surface area (Å²) in [6, 6.07) is 6.42. The van der Waals surface area contributed by atoms with E-state index in [1.54, 1.807) is 18.9 Å². The standard InChI is InChI=1S/C19H25N5O2/c1-3-26-18(25)14-23(2)19-21-11-15(12-22-19)13-24-10-6-8-17(24)16-7-4-5-9-20-16/h4-5,7,9,11-12,17H,3,6,8,10,13-14H2,1-2H3/t17-/m1/s1. The summed E-state index contributed by atoms with van der Waals surface area (Å²) >= 11 is 0. The van der Waals surface area contributed by atoms with Crippen LogP contribution in [0.2, 0.25) is 0 Å². The summed E-state index contributed by atoms with van der Waals surface area (Å²) in [6.07, 6.45) is 7.80. The maximum Gasteiger partial charge on any atom is 0.325 e. The SMILES string of the molecule is CCOC(=O)CN(C)c1ncc(CN2CCC[C@@H]2c2ccccn2)cn1. The molecule has 7 nitrogen and oxygen atoms in total. The maximum atomic E-state index is 11.6. The zero-order chi connectivity index (χ0) is 18.4. The van der Waals surface area contributed by atoms with Crippen LogP contribution in [0.3, 0.4) is 0 Å². The first-order chi connectivity index (χ1) is 12.7. The Balaban J connectivity index is 1.61. The summed E-state index contributed by atoms with van der Waals surface area (Å²) in [5.41, 5.74) is 2.18. The second-order valence-corrected chi connectivity index (χ2v) is 6.44. The number of likely N-dealkylation sites (tertiary alicyclic amines) is 1. The largest absolute Gasteiger partial charge is 0.465 e. The molecule has 7 heteroatoms. The van der Waals surface area contributed by atoms with E-state index in [0.29, 0.717) is 18.6 Å². The van der Waals surface area contributed by atoms with Crippen molar-refractivity contribution in [3.63, 3.8) is 0 Å². The molecule has 0 amide bonds. The Morgan fingerprint density at radius 3 is 2.81 bits per heavy atom. The highest BCUT2D eigenvalue weighted by molar-refractivity contribution is 5.74.